The monoisotopic (exact) mass is 339 g/mol. The summed E-state index contributed by atoms with van der Waals surface area (Å²) in [5, 5.41) is 3.52. The van der Waals surface area contributed by atoms with Crippen LogP contribution in [0.5, 0.6) is 5.75 Å². The molecule has 0 aliphatic heterocycles. The highest BCUT2D eigenvalue weighted by molar-refractivity contribution is 5.29. The maximum absolute atomic E-state index is 5.83. The lowest BCUT2D eigenvalue weighted by Gasteiger charge is -2.19. The van der Waals surface area contributed by atoms with Gasteiger partial charge in [0.25, 0.3) is 0 Å². The Hall–Kier alpha value is -1.80. The molecule has 0 unspecified atom stereocenters. The van der Waals surface area contributed by atoms with Gasteiger partial charge in [-0.1, -0.05) is 76.9 Å². The van der Waals surface area contributed by atoms with Gasteiger partial charge in [-0.15, -0.1) is 0 Å². The Morgan fingerprint density at radius 2 is 1.60 bits per heavy atom. The van der Waals surface area contributed by atoms with Crippen molar-refractivity contribution in [2.75, 3.05) is 6.61 Å². The molecule has 0 amide bonds. The third-order valence-electron chi connectivity index (χ3n) is 4.39. The first kappa shape index (κ1) is 19.5. The lowest BCUT2D eigenvalue weighted by Crippen LogP contribution is -2.14. The molecule has 2 nitrogen and oxygen atoms in total. The number of hydrogen-bond acceptors (Lipinski definition) is 2. The molecule has 0 aliphatic rings. The molecule has 0 fully saturated rings. The fraction of sp³-hybridized carbons (Fsp3) is 0.478. The molecule has 0 saturated heterocycles. The van der Waals surface area contributed by atoms with Crippen LogP contribution in [0.1, 0.15) is 63.6 Å². The first-order valence-corrected chi connectivity index (χ1v) is 9.51. The van der Waals surface area contributed by atoms with Gasteiger partial charge in [0.2, 0.25) is 0 Å². The van der Waals surface area contributed by atoms with Crippen molar-refractivity contribution in [3.05, 3.63) is 65.2 Å². The van der Waals surface area contributed by atoms with E-state index in [1.807, 2.05) is 6.07 Å². The highest BCUT2D eigenvalue weighted by Gasteiger charge is 2.12. The summed E-state index contributed by atoms with van der Waals surface area (Å²) in [7, 11) is 0. The van der Waals surface area contributed by atoms with Gasteiger partial charge in [0.1, 0.15) is 5.75 Å². The maximum atomic E-state index is 5.83. The minimum absolute atomic E-state index is 0.212. The largest absolute Gasteiger partial charge is 0.494 e. The van der Waals surface area contributed by atoms with Gasteiger partial charge in [-0.05, 0) is 40.7 Å². The predicted molar refractivity (Wildman–Crippen MR) is 107 cm³/mol. The van der Waals surface area contributed by atoms with Crippen LogP contribution in [0.4, 0.5) is 0 Å². The van der Waals surface area contributed by atoms with Gasteiger partial charge in [-0.2, -0.15) is 0 Å². The van der Waals surface area contributed by atoms with Crippen LogP contribution in [0.25, 0.3) is 0 Å². The molecule has 0 aliphatic carbocycles. The Balaban J connectivity index is 1.79. The maximum Gasteiger partial charge on any atom is 0.119 e. The van der Waals surface area contributed by atoms with Crippen molar-refractivity contribution in [3.8, 4) is 5.75 Å². The smallest absolute Gasteiger partial charge is 0.119 e. The molecule has 0 spiro atoms. The standard InChI is InChI=1S/C23H33NO/c1-5-6-7-15-25-22-10-8-9-20(16-22)18-24-17-19-11-13-21(14-12-19)23(2,3)4/h8-14,16,24H,5-7,15,17-18H2,1-4H3. The van der Waals surface area contributed by atoms with Crippen LogP contribution >= 0.6 is 0 Å². The van der Waals surface area contributed by atoms with Gasteiger partial charge in [0, 0.05) is 13.1 Å². The van der Waals surface area contributed by atoms with Crippen LogP contribution in [-0.2, 0) is 18.5 Å². The van der Waals surface area contributed by atoms with Crippen LogP contribution in [-0.4, -0.2) is 6.61 Å². The van der Waals surface area contributed by atoms with Crippen molar-refractivity contribution in [3.63, 3.8) is 0 Å². The molecular weight excluding hydrogens is 306 g/mol. The zero-order valence-electron chi connectivity index (χ0n) is 16.3. The van der Waals surface area contributed by atoms with E-state index in [2.05, 4.69) is 75.5 Å². The van der Waals surface area contributed by atoms with E-state index in [-0.39, 0.29) is 5.41 Å². The van der Waals surface area contributed by atoms with Crippen molar-refractivity contribution in [2.24, 2.45) is 0 Å². The molecule has 2 rings (SSSR count). The van der Waals surface area contributed by atoms with Gasteiger partial charge >= 0.3 is 0 Å². The molecule has 0 aromatic heterocycles. The van der Waals surface area contributed by atoms with Crippen LogP contribution in [0.15, 0.2) is 48.5 Å². The van der Waals surface area contributed by atoms with Crippen molar-refractivity contribution < 1.29 is 4.74 Å². The molecule has 1 N–H and O–H groups in total. The third kappa shape index (κ3) is 6.91. The molecule has 0 bridgehead atoms. The van der Waals surface area contributed by atoms with Crippen molar-refractivity contribution in [1.29, 1.82) is 0 Å². The Labute approximate surface area is 153 Å². The van der Waals surface area contributed by atoms with Crippen LogP contribution in [0.2, 0.25) is 0 Å². The molecule has 2 heteroatoms. The lowest BCUT2D eigenvalue weighted by atomic mass is 9.87. The molecule has 0 atom stereocenters. The second-order valence-corrected chi connectivity index (χ2v) is 7.75. The average molecular weight is 340 g/mol. The zero-order chi connectivity index (χ0) is 18.1. The van der Waals surface area contributed by atoms with Gasteiger partial charge in [-0.3, -0.25) is 0 Å². The van der Waals surface area contributed by atoms with E-state index < -0.39 is 0 Å². The Morgan fingerprint density at radius 3 is 2.28 bits per heavy atom. The molecule has 136 valence electrons. The summed E-state index contributed by atoms with van der Waals surface area (Å²) in [6, 6.07) is 17.3. The lowest BCUT2D eigenvalue weighted by molar-refractivity contribution is 0.306. The Kier molecular flexibility index (Phi) is 7.52. The first-order valence-electron chi connectivity index (χ1n) is 9.51. The Bertz CT molecular complexity index is 625. The van der Waals surface area contributed by atoms with E-state index in [0.717, 1.165) is 31.9 Å². The number of nitrogens with one attached hydrogen (secondary N) is 1. The fourth-order valence-electron chi connectivity index (χ4n) is 2.76. The van der Waals surface area contributed by atoms with Crippen LogP contribution in [0, 0.1) is 0 Å². The van der Waals surface area contributed by atoms with E-state index in [1.54, 1.807) is 0 Å². The quantitative estimate of drug-likeness (QED) is 0.579. The highest BCUT2D eigenvalue weighted by Crippen LogP contribution is 2.22. The second-order valence-electron chi connectivity index (χ2n) is 7.75. The molecule has 2 aromatic carbocycles. The predicted octanol–water partition coefficient (Wildman–Crippen LogP) is 5.84. The van der Waals surface area contributed by atoms with Gasteiger partial charge in [-0.25, -0.2) is 0 Å². The third-order valence-corrected chi connectivity index (χ3v) is 4.39. The number of hydrogen-bond donors (Lipinski definition) is 1. The summed E-state index contributed by atoms with van der Waals surface area (Å²) in [4.78, 5) is 0. The Morgan fingerprint density at radius 1 is 0.880 bits per heavy atom. The molecule has 25 heavy (non-hydrogen) atoms. The van der Waals surface area contributed by atoms with E-state index in [0.29, 0.717) is 0 Å². The first-order chi connectivity index (χ1) is 12.0. The van der Waals surface area contributed by atoms with Crippen molar-refractivity contribution in [1.82, 2.24) is 5.32 Å². The summed E-state index contributed by atoms with van der Waals surface area (Å²) in [6.07, 6.45) is 3.59. The van der Waals surface area contributed by atoms with E-state index in [1.165, 1.54) is 29.5 Å². The van der Waals surface area contributed by atoms with Crippen molar-refractivity contribution >= 4 is 0 Å². The summed E-state index contributed by atoms with van der Waals surface area (Å²) in [5.41, 5.74) is 4.17. The van der Waals surface area contributed by atoms with Crippen molar-refractivity contribution in [2.45, 2.75) is 65.5 Å². The molecule has 2 aromatic rings. The summed E-state index contributed by atoms with van der Waals surface area (Å²) < 4.78 is 5.83. The normalized spacial score (nSPS) is 11.5. The molecule has 0 saturated carbocycles. The van der Waals surface area contributed by atoms with Gasteiger partial charge in [0.15, 0.2) is 0 Å². The topological polar surface area (TPSA) is 21.3 Å². The van der Waals surface area contributed by atoms with E-state index in [4.69, 9.17) is 4.74 Å². The molecular formula is C23H33NO. The number of benzene rings is 2. The molecule has 0 heterocycles. The zero-order valence-corrected chi connectivity index (χ0v) is 16.3. The van der Waals surface area contributed by atoms with E-state index in [9.17, 15) is 0 Å². The number of rotatable bonds is 9. The van der Waals surface area contributed by atoms with Crippen LogP contribution in [0.3, 0.4) is 0 Å². The minimum atomic E-state index is 0.212. The second kappa shape index (κ2) is 9.62. The number of ether oxygens (including phenoxy) is 1. The summed E-state index contributed by atoms with van der Waals surface area (Å²) in [5.74, 6) is 0.977. The summed E-state index contributed by atoms with van der Waals surface area (Å²) >= 11 is 0. The molecule has 0 radical (unpaired) electrons. The number of unbranched alkanes of at least 4 members (excludes halogenated alkanes) is 2. The highest BCUT2D eigenvalue weighted by atomic mass is 16.5. The average Bonchev–Trinajstić information content (AvgIpc) is 2.59. The minimum Gasteiger partial charge on any atom is -0.494 e. The van der Waals surface area contributed by atoms with Gasteiger partial charge in [0.05, 0.1) is 6.61 Å². The fourth-order valence-corrected chi connectivity index (χ4v) is 2.76. The SMILES string of the molecule is CCCCCOc1cccc(CNCc2ccc(C(C)(C)C)cc2)c1. The van der Waals surface area contributed by atoms with Gasteiger partial charge < -0.3 is 10.1 Å². The van der Waals surface area contributed by atoms with E-state index >= 15 is 0 Å². The van der Waals surface area contributed by atoms with Crippen LogP contribution < -0.4 is 10.1 Å². The summed E-state index contributed by atoms with van der Waals surface area (Å²) in [6.45, 7) is 11.5.